The molecule has 2 N–H and O–H groups in total. The van der Waals surface area contributed by atoms with Gasteiger partial charge in [0, 0.05) is 25.8 Å². The van der Waals surface area contributed by atoms with Gasteiger partial charge in [-0.2, -0.15) is 5.10 Å². The number of nitrogen functional groups attached to an aromatic ring is 1. The summed E-state index contributed by atoms with van der Waals surface area (Å²) in [5, 5.41) is 4.14. The van der Waals surface area contributed by atoms with E-state index in [1.54, 1.807) is 30.3 Å². The van der Waals surface area contributed by atoms with Crippen molar-refractivity contribution in [2.24, 2.45) is 7.05 Å². The molecule has 1 fully saturated rings. The molecule has 3 rings (SSSR count). The van der Waals surface area contributed by atoms with Crippen molar-refractivity contribution in [3.63, 3.8) is 0 Å². The predicted octanol–water partition coefficient (Wildman–Crippen LogP) is 1.95. The highest BCUT2D eigenvalue weighted by Gasteiger charge is 2.34. The van der Waals surface area contributed by atoms with Crippen LogP contribution >= 0.6 is 0 Å². The van der Waals surface area contributed by atoms with Crippen LogP contribution in [-0.2, 0) is 13.6 Å². The van der Waals surface area contributed by atoms with E-state index in [0.29, 0.717) is 12.2 Å². The van der Waals surface area contributed by atoms with Crippen LogP contribution < -0.4 is 5.73 Å². The quantitative estimate of drug-likeness (QED) is 0.935. The molecule has 1 aliphatic rings. The number of hydrogen-bond donors (Lipinski definition) is 1. The van der Waals surface area contributed by atoms with Gasteiger partial charge in [0.15, 0.2) is 5.69 Å². The third-order valence-corrected chi connectivity index (χ3v) is 3.57. The van der Waals surface area contributed by atoms with Gasteiger partial charge in [-0.3, -0.25) is 9.48 Å². The number of benzene rings is 1. The molecule has 2 aromatic rings. The highest BCUT2D eigenvalue weighted by molar-refractivity contribution is 5.97. The van der Waals surface area contributed by atoms with Gasteiger partial charge < -0.3 is 10.6 Å². The minimum atomic E-state index is -0.281. The topological polar surface area (TPSA) is 64.2 Å². The first-order chi connectivity index (χ1) is 10.0. The summed E-state index contributed by atoms with van der Waals surface area (Å²) < 4.78 is 14.5. The third kappa shape index (κ3) is 2.89. The van der Waals surface area contributed by atoms with Crippen LogP contribution in [0.1, 0.15) is 28.9 Å². The molecular formula is C15H17FN4O. The molecule has 0 unspecified atom stereocenters. The van der Waals surface area contributed by atoms with Crippen molar-refractivity contribution in [1.29, 1.82) is 0 Å². The lowest BCUT2D eigenvalue weighted by Crippen LogP contribution is -2.33. The Morgan fingerprint density at radius 3 is 2.62 bits per heavy atom. The molecule has 1 heterocycles. The number of aryl methyl sites for hydroxylation is 1. The summed E-state index contributed by atoms with van der Waals surface area (Å²) in [7, 11) is 1.73. The number of nitrogens with two attached hydrogens (primary N) is 1. The van der Waals surface area contributed by atoms with Crippen molar-refractivity contribution in [2.75, 3.05) is 5.73 Å². The van der Waals surface area contributed by atoms with Gasteiger partial charge in [0.1, 0.15) is 5.82 Å². The number of nitrogens with zero attached hydrogens (tertiary/aromatic N) is 3. The largest absolute Gasteiger partial charge is 0.396 e. The van der Waals surface area contributed by atoms with Crippen LogP contribution in [0.25, 0.3) is 0 Å². The van der Waals surface area contributed by atoms with Crippen LogP contribution in [0, 0.1) is 5.82 Å². The van der Waals surface area contributed by atoms with E-state index in [1.165, 1.54) is 16.8 Å². The van der Waals surface area contributed by atoms with E-state index in [1.807, 2.05) is 0 Å². The molecule has 0 radical (unpaired) electrons. The van der Waals surface area contributed by atoms with Crippen molar-refractivity contribution in [3.05, 3.63) is 47.5 Å². The lowest BCUT2D eigenvalue weighted by Gasteiger charge is -2.21. The molecule has 1 aliphatic carbocycles. The highest BCUT2D eigenvalue weighted by atomic mass is 19.1. The van der Waals surface area contributed by atoms with E-state index in [0.717, 1.165) is 18.4 Å². The number of rotatable bonds is 4. The van der Waals surface area contributed by atoms with Crippen LogP contribution in [0.3, 0.4) is 0 Å². The Labute approximate surface area is 122 Å². The van der Waals surface area contributed by atoms with Crippen LogP contribution in [0.2, 0.25) is 0 Å². The summed E-state index contributed by atoms with van der Waals surface area (Å²) in [6, 6.07) is 6.42. The molecule has 1 amide bonds. The van der Waals surface area contributed by atoms with Crippen LogP contribution in [0.5, 0.6) is 0 Å². The molecule has 0 saturated heterocycles. The van der Waals surface area contributed by atoms with E-state index >= 15 is 0 Å². The summed E-state index contributed by atoms with van der Waals surface area (Å²) in [6.07, 6.45) is 3.59. The molecule has 0 atom stereocenters. The Bertz CT molecular complexity index is 661. The van der Waals surface area contributed by atoms with Gasteiger partial charge in [0.25, 0.3) is 5.91 Å². The first-order valence-electron chi connectivity index (χ1n) is 6.89. The molecule has 0 aliphatic heterocycles. The maximum absolute atomic E-state index is 13.0. The first kappa shape index (κ1) is 13.6. The van der Waals surface area contributed by atoms with E-state index in [9.17, 15) is 9.18 Å². The highest BCUT2D eigenvalue weighted by Crippen LogP contribution is 2.30. The second-order valence-corrected chi connectivity index (χ2v) is 5.40. The fourth-order valence-electron chi connectivity index (χ4n) is 2.35. The lowest BCUT2D eigenvalue weighted by atomic mass is 10.2. The van der Waals surface area contributed by atoms with Crippen molar-refractivity contribution < 1.29 is 9.18 Å². The minimum absolute atomic E-state index is 0.167. The maximum atomic E-state index is 13.0. The molecule has 110 valence electrons. The number of hydrogen-bond acceptors (Lipinski definition) is 3. The zero-order valence-electron chi connectivity index (χ0n) is 11.8. The van der Waals surface area contributed by atoms with Crippen LogP contribution in [0.15, 0.2) is 30.5 Å². The molecule has 1 saturated carbocycles. The molecule has 6 heteroatoms. The first-order valence-corrected chi connectivity index (χ1v) is 6.89. The molecular weight excluding hydrogens is 271 g/mol. The van der Waals surface area contributed by atoms with Gasteiger partial charge in [-0.05, 0) is 30.5 Å². The smallest absolute Gasteiger partial charge is 0.277 e. The van der Waals surface area contributed by atoms with Crippen molar-refractivity contribution in [3.8, 4) is 0 Å². The normalized spacial score (nSPS) is 14.2. The maximum Gasteiger partial charge on any atom is 0.277 e. The Morgan fingerprint density at radius 2 is 2.10 bits per heavy atom. The standard InChI is InChI=1S/C15H17FN4O/c1-19-9-13(17)14(18-19)15(21)20(12-6-7-12)8-10-2-4-11(16)5-3-10/h2-5,9,12H,6-8,17H2,1H3. The van der Waals surface area contributed by atoms with E-state index in [4.69, 9.17) is 5.73 Å². The number of carbonyl (C=O) groups is 1. The lowest BCUT2D eigenvalue weighted by molar-refractivity contribution is 0.0724. The number of amides is 1. The van der Waals surface area contributed by atoms with Gasteiger partial charge in [-0.15, -0.1) is 0 Å². The summed E-state index contributed by atoms with van der Waals surface area (Å²) >= 11 is 0. The van der Waals surface area contributed by atoms with Gasteiger partial charge in [-0.25, -0.2) is 4.39 Å². The van der Waals surface area contributed by atoms with Gasteiger partial charge in [0.05, 0.1) is 5.69 Å². The van der Waals surface area contributed by atoms with Crippen molar-refractivity contribution in [1.82, 2.24) is 14.7 Å². The third-order valence-electron chi connectivity index (χ3n) is 3.57. The van der Waals surface area contributed by atoms with E-state index in [2.05, 4.69) is 5.10 Å². The molecule has 5 nitrogen and oxygen atoms in total. The van der Waals surface area contributed by atoms with Gasteiger partial charge in [-0.1, -0.05) is 12.1 Å². The molecule has 1 aromatic carbocycles. The van der Waals surface area contributed by atoms with Crippen molar-refractivity contribution in [2.45, 2.75) is 25.4 Å². The number of aromatic nitrogens is 2. The zero-order valence-corrected chi connectivity index (χ0v) is 11.8. The molecule has 1 aromatic heterocycles. The number of carbonyl (C=O) groups excluding carboxylic acids is 1. The summed E-state index contributed by atoms with van der Waals surface area (Å²) in [6.45, 7) is 0.444. The Kier molecular flexibility index (Phi) is 3.37. The van der Waals surface area contributed by atoms with Crippen LogP contribution in [-0.4, -0.2) is 26.6 Å². The molecule has 0 spiro atoms. The Morgan fingerprint density at radius 1 is 1.43 bits per heavy atom. The second kappa shape index (κ2) is 5.20. The summed E-state index contributed by atoms with van der Waals surface area (Å²) in [4.78, 5) is 14.4. The van der Waals surface area contributed by atoms with Crippen LogP contribution in [0.4, 0.5) is 10.1 Å². The average molecular weight is 288 g/mol. The summed E-state index contributed by atoms with van der Waals surface area (Å²) in [5.41, 5.74) is 7.39. The monoisotopic (exact) mass is 288 g/mol. The van der Waals surface area contributed by atoms with E-state index in [-0.39, 0.29) is 23.5 Å². The second-order valence-electron chi connectivity index (χ2n) is 5.40. The SMILES string of the molecule is Cn1cc(N)c(C(=O)N(Cc2ccc(F)cc2)C2CC2)n1. The van der Waals surface area contributed by atoms with E-state index < -0.39 is 0 Å². The summed E-state index contributed by atoms with van der Waals surface area (Å²) in [5.74, 6) is -0.447. The molecule has 0 bridgehead atoms. The Balaban J connectivity index is 1.83. The minimum Gasteiger partial charge on any atom is -0.396 e. The molecule has 21 heavy (non-hydrogen) atoms. The number of anilines is 1. The number of halogens is 1. The Hall–Kier alpha value is -2.37. The van der Waals surface area contributed by atoms with Crippen molar-refractivity contribution >= 4 is 11.6 Å². The predicted molar refractivity (Wildman–Crippen MR) is 76.9 cm³/mol. The van der Waals surface area contributed by atoms with Gasteiger partial charge in [0.2, 0.25) is 0 Å². The zero-order chi connectivity index (χ0) is 15.0. The fourth-order valence-corrected chi connectivity index (χ4v) is 2.35. The average Bonchev–Trinajstić information content (AvgIpc) is 3.22. The fraction of sp³-hybridized carbons (Fsp3) is 0.333. The van der Waals surface area contributed by atoms with Gasteiger partial charge >= 0.3 is 0 Å².